The Morgan fingerprint density at radius 2 is 1.90 bits per heavy atom. The normalized spacial score (nSPS) is 11.4. The van der Waals surface area contributed by atoms with E-state index >= 15 is 0 Å². The maximum Gasteiger partial charge on any atom is 0.419 e. The Bertz CT molecular complexity index is 596. The standard InChI is InChI=1S/C13H9BrF4N2/c14-8-1-2-10(19-6-8)7-20-9-3-4-12(15)11(5-9)13(16,17)18/h1-6,20H,7H2. The smallest absolute Gasteiger partial charge is 0.379 e. The Labute approximate surface area is 121 Å². The number of hydrogen-bond donors (Lipinski definition) is 1. The number of rotatable bonds is 3. The Balaban J connectivity index is 2.12. The van der Waals surface area contributed by atoms with Crippen LogP contribution in [0.5, 0.6) is 0 Å². The van der Waals surface area contributed by atoms with Crippen LogP contribution in [-0.4, -0.2) is 4.98 Å². The van der Waals surface area contributed by atoms with Gasteiger partial charge in [-0.3, -0.25) is 4.98 Å². The van der Waals surface area contributed by atoms with Crippen LogP contribution in [0.4, 0.5) is 23.2 Å². The third-order valence-corrected chi connectivity index (χ3v) is 3.00. The van der Waals surface area contributed by atoms with E-state index in [9.17, 15) is 17.6 Å². The fourth-order valence-corrected chi connectivity index (χ4v) is 1.79. The van der Waals surface area contributed by atoms with E-state index in [-0.39, 0.29) is 12.2 Å². The van der Waals surface area contributed by atoms with Gasteiger partial charge in [0.05, 0.1) is 17.8 Å². The van der Waals surface area contributed by atoms with E-state index in [1.807, 2.05) is 0 Å². The van der Waals surface area contributed by atoms with Crippen molar-refractivity contribution in [2.24, 2.45) is 0 Å². The summed E-state index contributed by atoms with van der Waals surface area (Å²) < 4.78 is 51.6. The van der Waals surface area contributed by atoms with Crippen molar-refractivity contribution >= 4 is 21.6 Å². The van der Waals surface area contributed by atoms with Crippen LogP contribution in [0.15, 0.2) is 41.0 Å². The van der Waals surface area contributed by atoms with Gasteiger partial charge in [-0.2, -0.15) is 13.2 Å². The molecule has 0 aliphatic carbocycles. The zero-order valence-corrected chi connectivity index (χ0v) is 11.6. The lowest BCUT2D eigenvalue weighted by Crippen LogP contribution is -2.09. The Morgan fingerprint density at radius 1 is 1.15 bits per heavy atom. The van der Waals surface area contributed by atoms with Gasteiger partial charge in [0.2, 0.25) is 0 Å². The molecule has 0 aliphatic rings. The van der Waals surface area contributed by atoms with Gasteiger partial charge in [-0.25, -0.2) is 4.39 Å². The number of pyridine rings is 1. The molecule has 7 heteroatoms. The van der Waals surface area contributed by atoms with Crippen molar-refractivity contribution in [1.82, 2.24) is 4.98 Å². The zero-order valence-electron chi connectivity index (χ0n) is 10.0. The maximum absolute atomic E-state index is 13.1. The second-order valence-corrected chi connectivity index (χ2v) is 4.93. The molecule has 1 aromatic heterocycles. The van der Waals surface area contributed by atoms with Crippen LogP contribution in [0.3, 0.4) is 0 Å². The van der Waals surface area contributed by atoms with Crippen molar-refractivity contribution in [2.75, 3.05) is 5.32 Å². The molecule has 0 fully saturated rings. The SMILES string of the molecule is Fc1ccc(NCc2ccc(Br)cn2)cc1C(F)(F)F. The fourth-order valence-electron chi connectivity index (χ4n) is 1.56. The van der Waals surface area contributed by atoms with E-state index in [1.54, 1.807) is 18.3 Å². The number of nitrogens with zero attached hydrogens (tertiary/aromatic N) is 1. The van der Waals surface area contributed by atoms with Gasteiger partial charge in [-0.05, 0) is 46.3 Å². The molecule has 2 nitrogen and oxygen atoms in total. The molecule has 106 valence electrons. The number of alkyl halides is 3. The first-order valence-electron chi connectivity index (χ1n) is 5.57. The number of anilines is 1. The first-order chi connectivity index (χ1) is 9.36. The second-order valence-electron chi connectivity index (χ2n) is 4.01. The van der Waals surface area contributed by atoms with Crippen molar-refractivity contribution in [3.8, 4) is 0 Å². The van der Waals surface area contributed by atoms with E-state index < -0.39 is 17.6 Å². The Hall–Kier alpha value is -1.63. The average molecular weight is 349 g/mol. The van der Waals surface area contributed by atoms with Gasteiger partial charge in [0.25, 0.3) is 0 Å². The number of nitrogens with one attached hydrogen (secondary N) is 1. The Morgan fingerprint density at radius 3 is 2.50 bits per heavy atom. The van der Waals surface area contributed by atoms with Gasteiger partial charge >= 0.3 is 6.18 Å². The lowest BCUT2D eigenvalue weighted by atomic mass is 10.2. The molecule has 0 radical (unpaired) electrons. The third kappa shape index (κ3) is 3.69. The zero-order chi connectivity index (χ0) is 14.8. The molecule has 0 saturated heterocycles. The van der Waals surface area contributed by atoms with Crippen LogP contribution in [0.1, 0.15) is 11.3 Å². The predicted octanol–water partition coefficient (Wildman–Crippen LogP) is 4.61. The minimum atomic E-state index is -4.71. The molecule has 1 heterocycles. The summed E-state index contributed by atoms with van der Waals surface area (Å²) in [6, 6.07) is 6.29. The second kappa shape index (κ2) is 5.78. The Kier molecular flexibility index (Phi) is 4.27. The van der Waals surface area contributed by atoms with E-state index in [0.717, 1.165) is 16.6 Å². The largest absolute Gasteiger partial charge is 0.419 e. The van der Waals surface area contributed by atoms with Gasteiger partial charge in [-0.1, -0.05) is 0 Å². The van der Waals surface area contributed by atoms with Gasteiger partial charge in [0, 0.05) is 16.4 Å². The van der Waals surface area contributed by atoms with Crippen LogP contribution >= 0.6 is 15.9 Å². The monoisotopic (exact) mass is 348 g/mol. The molecule has 0 spiro atoms. The molecule has 1 N–H and O–H groups in total. The highest BCUT2D eigenvalue weighted by Gasteiger charge is 2.34. The number of halogens is 5. The minimum Gasteiger partial charge on any atom is -0.379 e. The summed E-state index contributed by atoms with van der Waals surface area (Å²) in [5.41, 5.74) is -0.444. The molecule has 0 bridgehead atoms. The quantitative estimate of drug-likeness (QED) is 0.819. The summed E-state index contributed by atoms with van der Waals surface area (Å²) >= 11 is 3.23. The molecule has 20 heavy (non-hydrogen) atoms. The van der Waals surface area contributed by atoms with Crippen LogP contribution in [-0.2, 0) is 12.7 Å². The van der Waals surface area contributed by atoms with Crippen LogP contribution in [0, 0.1) is 5.82 Å². The number of hydrogen-bond acceptors (Lipinski definition) is 2. The highest BCUT2D eigenvalue weighted by molar-refractivity contribution is 9.10. The molecule has 1 aromatic carbocycles. The molecular formula is C13H9BrF4N2. The third-order valence-electron chi connectivity index (χ3n) is 2.53. The molecule has 2 aromatic rings. The lowest BCUT2D eigenvalue weighted by molar-refractivity contribution is -0.139. The first kappa shape index (κ1) is 14.8. The summed E-state index contributed by atoms with van der Waals surface area (Å²) in [7, 11) is 0. The van der Waals surface area contributed by atoms with E-state index in [2.05, 4.69) is 26.2 Å². The highest BCUT2D eigenvalue weighted by atomic mass is 79.9. The van der Waals surface area contributed by atoms with E-state index in [0.29, 0.717) is 5.69 Å². The molecule has 0 unspecified atom stereocenters. The maximum atomic E-state index is 13.1. The molecule has 0 amide bonds. The summed E-state index contributed by atoms with van der Waals surface area (Å²) in [4.78, 5) is 4.08. The fraction of sp³-hybridized carbons (Fsp3) is 0.154. The number of benzene rings is 1. The van der Waals surface area contributed by atoms with E-state index in [4.69, 9.17) is 0 Å². The van der Waals surface area contributed by atoms with Crippen molar-refractivity contribution in [3.63, 3.8) is 0 Å². The van der Waals surface area contributed by atoms with Crippen LogP contribution in [0.25, 0.3) is 0 Å². The molecule has 0 saturated carbocycles. The topological polar surface area (TPSA) is 24.9 Å². The van der Waals surface area contributed by atoms with Crippen molar-refractivity contribution in [2.45, 2.75) is 12.7 Å². The van der Waals surface area contributed by atoms with Gasteiger partial charge in [0.1, 0.15) is 5.82 Å². The van der Waals surface area contributed by atoms with Crippen molar-refractivity contribution in [1.29, 1.82) is 0 Å². The van der Waals surface area contributed by atoms with E-state index in [1.165, 1.54) is 6.07 Å². The van der Waals surface area contributed by atoms with Gasteiger partial charge < -0.3 is 5.32 Å². The van der Waals surface area contributed by atoms with Crippen LogP contribution < -0.4 is 5.32 Å². The van der Waals surface area contributed by atoms with Gasteiger partial charge in [0.15, 0.2) is 0 Å². The van der Waals surface area contributed by atoms with Crippen molar-refractivity contribution in [3.05, 3.63) is 58.1 Å². The summed E-state index contributed by atoms with van der Waals surface area (Å²) in [6.07, 6.45) is -3.12. The summed E-state index contributed by atoms with van der Waals surface area (Å²) in [5.74, 6) is -1.29. The predicted molar refractivity (Wildman–Crippen MR) is 70.7 cm³/mol. The number of aromatic nitrogens is 1. The summed E-state index contributed by atoms with van der Waals surface area (Å²) in [6.45, 7) is 0.246. The van der Waals surface area contributed by atoms with Crippen molar-refractivity contribution < 1.29 is 17.6 Å². The minimum absolute atomic E-state index is 0.184. The van der Waals surface area contributed by atoms with Gasteiger partial charge in [-0.15, -0.1) is 0 Å². The highest BCUT2D eigenvalue weighted by Crippen LogP contribution is 2.33. The average Bonchev–Trinajstić information content (AvgIpc) is 2.38. The molecule has 0 atom stereocenters. The van der Waals surface area contributed by atoms with Crippen LogP contribution in [0.2, 0.25) is 0 Å². The molecular weight excluding hydrogens is 340 g/mol. The lowest BCUT2D eigenvalue weighted by Gasteiger charge is -2.11. The summed E-state index contributed by atoms with van der Waals surface area (Å²) in [5, 5.41) is 2.78. The molecule has 2 rings (SSSR count). The first-order valence-corrected chi connectivity index (χ1v) is 6.36. The molecule has 0 aliphatic heterocycles.